The van der Waals surface area contributed by atoms with Crippen molar-refractivity contribution in [1.29, 1.82) is 0 Å². The molecule has 0 bridgehead atoms. The fraction of sp³-hybridized carbons (Fsp3) is 0.500. The molecule has 0 saturated carbocycles. The summed E-state index contributed by atoms with van der Waals surface area (Å²) < 4.78 is 40.3. The number of benzene rings is 1. The molecule has 1 amide bonds. The Labute approximate surface area is 179 Å². The fourth-order valence-corrected chi connectivity index (χ4v) is 3.84. The van der Waals surface area contributed by atoms with E-state index in [4.69, 9.17) is 0 Å². The maximum atomic E-state index is 13.0. The van der Waals surface area contributed by atoms with Crippen molar-refractivity contribution in [3.63, 3.8) is 0 Å². The average molecular weight is 436 g/mol. The van der Waals surface area contributed by atoms with Crippen molar-refractivity contribution < 1.29 is 18.0 Å². The van der Waals surface area contributed by atoms with E-state index in [-0.39, 0.29) is 11.4 Å². The Morgan fingerprint density at radius 3 is 2.74 bits per heavy atom. The van der Waals surface area contributed by atoms with Gasteiger partial charge in [-0.3, -0.25) is 9.59 Å². The van der Waals surface area contributed by atoms with E-state index >= 15 is 0 Å². The maximum Gasteiger partial charge on any atom is 0.416 e. The molecule has 1 aromatic heterocycles. The van der Waals surface area contributed by atoms with E-state index in [1.54, 1.807) is 6.92 Å². The number of carbonyl (C=O) groups excluding carboxylic acids is 1. The van der Waals surface area contributed by atoms with Crippen molar-refractivity contribution in [2.24, 2.45) is 0 Å². The quantitative estimate of drug-likeness (QED) is 0.704. The van der Waals surface area contributed by atoms with Gasteiger partial charge in [0, 0.05) is 30.9 Å². The third-order valence-electron chi connectivity index (χ3n) is 5.59. The van der Waals surface area contributed by atoms with Crippen LogP contribution in [0.2, 0.25) is 0 Å². The molecule has 1 aromatic carbocycles. The number of carbonyl (C=O) groups is 1. The van der Waals surface area contributed by atoms with Crippen LogP contribution in [0.1, 0.15) is 54.4 Å². The van der Waals surface area contributed by atoms with E-state index in [9.17, 15) is 22.8 Å². The zero-order valence-corrected chi connectivity index (χ0v) is 17.7. The van der Waals surface area contributed by atoms with Gasteiger partial charge in [-0.1, -0.05) is 12.5 Å². The van der Waals surface area contributed by atoms with Crippen LogP contribution in [0.5, 0.6) is 0 Å². The average Bonchev–Trinajstić information content (AvgIpc) is 2.72. The first-order valence-electron chi connectivity index (χ1n) is 10.5. The van der Waals surface area contributed by atoms with Gasteiger partial charge in [0.15, 0.2) is 5.69 Å². The normalized spacial score (nSPS) is 17.5. The van der Waals surface area contributed by atoms with E-state index in [1.807, 2.05) is 0 Å². The second kappa shape index (κ2) is 9.64. The second-order valence-corrected chi connectivity index (χ2v) is 7.95. The second-order valence-electron chi connectivity index (χ2n) is 7.95. The van der Waals surface area contributed by atoms with Gasteiger partial charge in [-0.2, -0.15) is 18.3 Å². The highest BCUT2D eigenvalue weighted by Gasteiger charge is 2.30. The van der Waals surface area contributed by atoms with Gasteiger partial charge in [-0.05, 0) is 57.9 Å². The SMILES string of the molecule is Cc1cc(=O)c(C(=O)NCCCN2CCCCC2C)nn1-c1cccc(C(F)(F)F)c1. The van der Waals surface area contributed by atoms with Crippen LogP contribution in [0.15, 0.2) is 35.1 Å². The van der Waals surface area contributed by atoms with Crippen LogP contribution >= 0.6 is 0 Å². The van der Waals surface area contributed by atoms with E-state index < -0.39 is 23.1 Å². The summed E-state index contributed by atoms with van der Waals surface area (Å²) in [4.78, 5) is 27.2. The van der Waals surface area contributed by atoms with Crippen LogP contribution in [-0.2, 0) is 6.18 Å². The van der Waals surface area contributed by atoms with Crippen molar-refractivity contribution in [2.75, 3.05) is 19.6 Å². The fourth-order valence-electron chi connectivity index (χ4n) is 3.84. The lowest BCUT2D eigenvalue weighted by Crippen LogP contribution is -2.39. The highest BCUT2D eigenvalue weighted by molar-refractivity contribution is 5.92. The molecule has 3 rings (SSSR count). The van der Waals surface area contributed by atoms with Crippen molar-refractivity contribution in [1.82, 2.24) is 20.0 Å². The van der Waals surface area contributed by atoms with E-state index in [2.05, 4.69) is 22.2 Å². The minimum absolute atomic E-state index is 0.125. The number of aryl methyl sites for hydroxylation is 1. The number of rotatable bonds is 6. The molecule has 1 unspecified atom stereocenters. The predicted molar refractivity (Wildman–Crippen MR) is 111 cm³/mol. The Morgan fingerprint density at radius 1 is 1.26 bits per heavy atom. The number of nitrogens with zero attached hydrogens (tertiary/aromatic N) is 3. The van der Waals surface area contributed by atoms with Gasteiger partial charge < -0.3 is 10.2 Å². The Morgan fingerprint density at radius 2 is 2.03 bits per heavy atom. The Kier molecular flexibility index (Phi) is 7.15. The lowest BCUT2D eigenvalue weighted by atomic mass is 10.0. The molecule has 2 heterocycles. The molecular formula is C22H27F3N4O2. The molecule has 31 heavy (non-hydrogen) atoms. The number of aromatic nitrogens is 2. The minimum Gasteiger partial charge on any atom is -0.350 e. The number of alkyl halides is 3. The molecule has 2 aromatic rings. The van der Waals surface area contributed by atoms with Crippen LogP contribution in [0.4, 0.5) is 13.2 Å². The van der Waals surface area contributed by atoms with Crippen molar-refractivity contribution in [2.45, 2.75) is 51.7 Å². The molecule has 1 aliphatic rings. The summed E-state index contributed by atoms with van der Waals surface area (Å²) in [5.74, 6) is -0.627. The minimum atomic E-state index is -4.50. The highest BCUT2D eigenvalue weighted by Crippen LogP contribution is 2.30. The van der Waals surface area contributed by atoms with Gasteiger partial charge in [0.2, 0.25) is 5.43 Å². The van der Waals surface area contributed by atoms with E-state index in [1.165, 1.54) is 42.1 Å². The maximum absolute atomic E-state index is 13.0. The lowest BCUT2D eigenvalue weighted by molar-refractivity contribution is -0.137. The largest absolute Gasteiger partial charge is 0.416 e. The molecule has 1 fully saturated rings. The summed E-state index contributed by atoms with van der Waals surface area (Å²) in [6.07, 6.45) is -0.168. The van der Waals surface area contributed by atoms with Crippen LogP contribution in [-0.4, -0.2) is 46.3 Å². The van der Waals surface area contributed by atoms with Gasteiger partial charge in [-0.15, -0.1) is 0 Å². The van der Waals surface area contributed by atoms with Crippen LogP contribution in [0, 0.1) is 6.92 Å². The summed E-state index contributed by atoms with van der Waals surface area (Å²) >= 11 is 0. The topological polar surface area (TPSA) is 67.2 Å². The molecule has 6 nitrogen and oxygen atoms in total. The summed E-state index contributed by atoms with van der Waals surface area (Å²) in [5.41, 5.74) is -1.28. The number of nitrogens with one attached hydrogen (secondary N) is 1. The van der Waals surface area contributed by atoms with Crippen molar-refractivity contribution in [3.8, 4) is 5.69 Å². The van der Waals surface area contributed by atoms with Crippen molar-refractivity contribution in [3.05, 3.63) is 57.5 Å². The Balaban J connectivity index is 1.70. The van der Waals surface area contributed by atoms with E-state index in [0.717, 1.165) is 31.6 Å². The molecule has 1 aliphatic heterocycles. The number of hydrogen-bond donors (Lipinski definition) is 1. The molecule has 0 spiro atoms. The first kappa shape index (κ1) is 23.0. The summed E-state index contributed by atoms with van der Waals surface area (Å²) in [6, 6.07) is 6.34. The molecule has 9 heteroatoms. The number of likely N-dealkylation sites (tertiary alicyclic amines) is 1. The lowest BCUT2D eigenvalue weighted by Gasteiger charge is -2.33. The smallest absolute Gasteiger partial charge is 0.350 e. The molecule has 0 aliphatic carbocycles. The van der Waals surface area contributed by atoms with Gasteiger partial charge >= 0.3 is 6.18 Å². The Hall–Kier alpha value is -2.68. The first-order valence-corrected chi connectivity index (χ1v) is 10.5. The van der Waals surface area contributed by atoms with Gasteiger partial charge in [0.05, 0.1) is 11.3 Å². The summed E-state index contributed by atoms with van der Waals surface area (Å²) in [5, 5.41) is 6.77. The van der Waals surface area contributed by atoms with Gasteiger partial charge in [-0.25, -0.2) is 4.68 Å². The third-order valence-corrected chi connectivity index (χ3v) is 5.59. The monoisotopic (exact) mass is 436 g/mol. The van der Waals surface area contributed by atoms with Crippen molar-refractivity contribution >= 4 is 5.91 Å². The standard InChI is InChI=1S/C22H27F3N4O2/c1-15-7-3-4-11-28(15)12-6-10-26-21(31)20-19(30)13-16(2)29(27-20)18-9-5-8-17(14-18)22(23,24)25/h5,8-9,13-15H,3-4,6-7,10-12H2,1-2H3,(H,26,31). The van der Waals surface area contributed by atoms with E-state index in [0.29, 0.717) is 18.3 Å². The number of hydrogen-bond acceptors (Lipinski definition) is 4. The van der Waals surface area contributed by atoms with Gasteiger partial charge in [0.25, 0.3) is 5.91 Å². The van der Waals surface area contributed by atoms with Crippen LogP contribution < -0.4 is 10.7 Å². The first-order chi connectivity index (χ1) is 14.7. The van der Waals surface area contributed by atoms with Gasteiger partial charge in [0.1, 0.15) is 0 Å². The number of amides is 1. The van der Waals surface area contributed by atoms with Crippen LogP contribution in [0.25, 0.3) is 5.69 Å². The molecule has 1 atom stereocenters. The number of piperidine rings is 1. The highest BCUT2D eigenvalue weighted by atomic mass is 19.4. The van der Waals surface area contributed by atoms with Crippen LogP contribution in [0.3, 0.4) is 0 Å². The molecule has 0 radical (unpaired) electrons. The zero-order chi connectivity index (χ0) is 22.6. The molecular weight excluding hydrogens is 409 g/mol. The third kappa shape index (κ3) is 5.72. The Bertz CT molecular complexity index is 987. The molecule has 1 saturated heterocycles. The number of halogens is 3. The molecule has 1 N–H and O–H groups in total. The molecule has 168 valence electrons. The predicted octanol–water partition coefficient (Wildman–Crippen LogP) is 3.55. The zero-order valence-electron chi connectivity index (χ0n) is 17.7. The summed E-state index contributed by atoms with van der Waals surface area (Å²) in [6.45, 7) is 6.05. The summed E-state index contributed by atoms with van der Waals surface area (Å²) in [7, 11) is 0.